The van der Waals surface area contributed by atoms with Gasteiger partial charge in [-0.15, -0.1) is 0 Å². The van der Waals surface area contributed by atoms with Crippen LogP contribution in [0.2, 0.25) is 0 Å². The van der Waals surface area contributed by atoms with Gasteiger partial charge in [0.2, 0.25) is 5.52 Å². The van der Waals surface area contributed by atoms with Gasteiger partial charge in [-0.05, 0) is 54.3 Å². The second-order valence-electron chi connectivity index (χ2n) is 8.27. The zero-order valence-electron chi connectivity index (χ0n) is 16.3. The van der Waals surface area contributed by atoms with E-state index in [-0.39, 0.29) is 0 Å². The van der Waals surface area contributed by atoms with Gasteiger partial charge in [0.1, 0.15) is 18.3 Å². The molecule has 0 atom stereocenters. The maximum atomic E-state index is 6.33. The lowest BCUT2D eigenvalue weighted by Gasteiger charge is -2.20. The van der Waals surface area contributed by atoms with E-state index in [1.807, 2.05) is 0 Å². The van der Waals surface area contributed by atoms with Gasteiger partial charge in [0, 0.05) is 11.5 Å². The summed E-state index contributed by atoms with van der Waals surface area (Å²) in [5.41, 5.74) is 7.17. The average molecular weight is 367 g/mol. The van der Waals surface area contributed by atoms with Crippen LogP contribution in [0.1, 0.15) is 42.7 Å². The first-order valence-corrected chi connectivity index (χ1v) is 10.2. The van der Waals surface area contributed by atoms with Crippen molar-refractivity contribution in [1.82, 2.24) is 4.98 Å². The second kappa shape index (κ2) is 5.78. The van der Waals surface area contributed by atoms with Crippen molar-refractivity contribution in [3.8, 4) is 22.9 Å². The van der Waals surface area contributed by atoms with E-state index in [4.69, 9.17) is 9.72 Å². The number of nitrogens with zero attached hydrogens (tertiary/aromatic N) is 2. The first-order chi connectivity index (χ1) is 13.7. The van der Waals surface area contributed by atoms with Gasteiger partial charge >= 0.3 is 0 Å². The van der Waals surface area contributed by atoms with Crippen LogP contribution in [-0.4, -0.2) is 4.98 Å². The normalized spacial score (nSPS) is 15.8. The zero-order valence-corrected chi connectivity index (χ0v) is 16.3. The van der Waals surface area contributed by atoms with Gasteiger partial charge in [-0.3, -0.25) is 0 Å². The standard InChI is InChI=1S/C25H23N2O/c1-15-10-11-17-8-5-9-21-23(17)22(15)24-25(28-21)26-19-14-18(16-6-3-4-7-16)12-13-20(19)27(24)2/h5,8-14,16H,3-4,6-7H2,1-2H3/q+1. The number of aryl methyl sites for hydroxylation is 2. The summed E-state index contributed by atoms with van der Waals surface area (Å²) < 4.78 is 8.58. The number of hydrogen-bond donors (Lipinski definition) is 0. The fourth-order valence-corrected chi connectivity index (χ4v) is 5.14. The Hall–Kier alpha value is -2.94. The number of benzene rings is 3. The Morgan fingerprint density at radius 2 is 1.89 bits per heavy atom. The Bertz CT molecular complexity index is 1270. The highest BCUT2D eigenvalue weighted by Gasteiger charge is 2.32. The van der Waals surface area contributed by atoms with Gasteiger partial charge in [-0.1, -0.05) is 43.2 Å². The third-order valence-electron chi connectivity index (χ3n) is 6.61. The van der Waals surface area contributed by atoms with Gasteiger partial charge < -0.3 is 4.74 Å². The van der Waals surface area contributed by atoms with Crippen LogP contribution in [0.3, 0.4) is 0 Å². The van der Waals surface area contributed by atoms with E-state index in [1.165, 1.54) is 53.1 Å². The zero-order chi connectivity index (χ0) is 18.8. The highest BCUT2D eigenvalue weighted by molar-refractivity contribution is 6.03. The molecule has 1 aromatic heterocycles. The summed E-state index contributed by atoms with van der Waals surface area (Å²) in [6, 6.07) is 17.5. The van der Waals surface area contributed by atoms with Crippen molar-refractivity contribution < 1.29 is 9.30 Å². The van der Waals surface area contributed by atoms with Gasteiger partial charge in [-0.25, -0.2) is 4.98 Å². The van der Waals surface area contributed by atoms with Crippen LogP contribution in [0, 0.1) is 6.92 Å². The Balaban J connectivity index is 1.64. The minimum absolute atomic E-state index is 0.685. The van der Waals surface area contributed by atoms with Crippen molar-refractivity contribution in [2.24, 2.45) is 7.05 Å². The SMILES string of the molecule is Cc1ccc2cccc3c2c1-c1c(nc2cc(C4CCCC4)ccc2[n+]1C)O3. The van der Waals surface area contributed by atoms with Gasteiger partial charge in [0.15, 0.2) is 0 Å². The van der Waals surface area contributed by atoms with E-state index >= 15 is 0 Å². The monoisotopic (exact) mass is 367 g/mol. The molecule has 1 fully saturated rings. The molecule has 0 unspecified atom stereocenters. The molecule has 28 heavy (non-hydrogen) atoms. The summed E-state index contributed by atoms with van der Waals surface area (Å²) in [7, 11) is 2.13. The van der Waals surface area contributed by atoms with Crippen molar-refractivity contribution in [2.75, 3.05) is 0 Å². The maximum Gasteiger partial charge on any atom is 0.294 e. The number of hydrogen-bond acceptors (Lipinski definition) is 2. The van der Waals surface area contributed by atoms with E-state index in [2.05, 4.69) is 67.1 Å². The Labute approximate surface area is 164 Å². The third-order valence-corrected chi connectivity index (χ3v) is 6.61. The summed E-state index contributed by atoms with van der Waals surface area (Å²) in [6.07, 6.45) is 5.29. The molecule has 3 nitrogen and oxygen atoms in total. The third kappa shape index (κ3) is 2.16. The molecule has 0 N–H and O–H groups in total. The van der Waals surface area contributed by atoms with Crippen molar-refractivity contribution >= 4 is 21.8 Å². The molecule has 1 aliphatic heterocycles. The van der Waals surface area contributed by atoms with Crippen molar-refractivity contribution in [2.45, 2.75) is 38.5 Å². The van der Waals surface area contributed by atoms with Crippen LogP contribution < -0.4 is 9.30 Å². The van der Waals surface area contributed by atoms with Crippen molar-refractivity contribution in [3.63, 3.8) is 0 Å². The van der Waals surface area contributed by atoms with Crippen LogP contribution in [0.25, 0.3) is 33.1 Å². The molecule has 2 aliphatic rings. The van der Waals surface area contributed by atoms with Gasteiger partial charge in [0.25, 0.3) is 11.6 Å². The van der Waals surface area contributed by atoms with Crippen LogP contribution in [0.15, 0.2) is 48.5 Å². The van der Waals surface area contributed by atoms with E-state index in [9.17, 15) is 0 Å². The molecule has 2 heterocycles. The molecule has 1 aliphatic carbocycles. The van der Waals surface area contributed by atoms with Gasteiger partial charge in [0.05, 0.1) is 5.56 Å². The number of ether oxygens (including phenoxy) is 1. The summed E-state index contributed by atoms with van der Waals surface area (Å²) >= 11 is 0. The molecule has 3 aromatic carbocycles. The Kier molecular flexibility index (Phi) is 3.31. The lowest BCUT2D eigenvalue weighted by atomic mass is 9.94. The number of aromatic nitrogens is 2. The predicted molar refractivity (Wildman–Crippen MR) is 112 cm³/mol. The largest absolute Gasteiger partial charge is 0.433 e. The van der Waals surface area contributed by atoms with E-state index in [1.54, 1.807) is 0 Å². The number of fused-ring (bicyclic) bond motifs is 3. The van der Waals surface area contributed by atoms with E-state index < -0.39 is 0 Å². The molecular formula is C25H23N2O+. The average Bonchev–Trinajstić information content (AvgIpc) is 3.24. The lowest BCUT2D eigenvalue weighted by Crippen LogP contribution is -2.34. The summed E-state index contributed by atoms with van der Waals surface area (Å²) in [5.74, 6) is 2.31. The van der Waals surface area contributed by atoms with Gasteiger partial charge in [-0.2, -0.15) is 4.57 Å². The van der Waals surface area contributed by atoms with Crippen molar-refractivity contribution in [3.05, 3.63) is 59.7 Å². The van der Waals surface area contributed by atoms with Crippen molar-refractivity contribution in [1.29, 1.82) is 0 Å². The van der Waals surface area contributed by atoms with E-state index in [0.717, 1.165) is 22.5 Å². The molecule has 0 bridgehead atoms. The fourth-order valence-electron chi connectivity index (χ4n) is 5.14. The highest BCUT2D eigenvalue weighted by atomic mass is 16.5. The molecule has 138 valence electrons. The van der Waals surface area contributed by atoms with E-state index in [0.29, 0.717) is 11.8 Å². The van der Waals surface area contributed by atoms with Crippen LogP contribution >= 0.6 is 0 Å². The first kappa shape index (κ1) is 16.1. The molecule has 0 spiro atoms. The maximum absolute atomic E-state index is 6.33. The summed E-state index contributed by atoms with van der Waals surface area (Å²) in [4.78, 5) is 4.99. The molecule has 4 aromatic rings. The molecule has 1 saturated carbocycles. The second-order valence-corrected chi connectivity index (χ2v) is 8.27. The Morgan fingerprint density at radius 3 is 2.75 bits per heavy atom. The summed E-state index contributed by atoms with van der Waals surface area (Å²) in [6.45, 7) is 2.17. The Morgan fingerprint density at radius 1 is 1.04 bits per heavy atom. The highest BCUT2D eigenvalue weighted by Crippen LogP contribution is 2.46. The molecule has 3 heteroatoms. The smallest absolute Gasteiger partial charge is 0.294 e. The molecule has 6 rings (SSSR count). The van der Waals surface area contributed by atoms with Crippen LogP contribution in [-0.2, 0) is 7.05 Å². The minimum Gasteiger partial charge on any atom is -0.433 e. The summed E-state index contributed by atoms with van der Waals surface area (Å²) in [5, 5.41) is 2.40. The molecule has 0 radical (unpaired) electrons. The molecule has 0 amide bonds. The van der Waals surface area contributed by atoms with Crippen LogP contribution in [0.4, 0.5) is 0 Å². The lowest BCUT2D eigenvalue weighted by molar-refractivity contribution is -0.634. The quantitative estimate of drug-likeness (QED) is 0.342. The molecule has 0 saturated heterocycles. The fraction of sp³-hybridized carbons (Fsp3) is 0.280. The first-order valence-electron chi connectivity index (χ1n) is 10.2. The van der Waals surface area contributed by atoms with Crippen LogP contribution in [0.5, 0.6) is 11.6 Å². The molecular weight excluding hydrogens is 344 g/mol. The number of rotatable bonds is 1. The predicted octanol–water partition coefficient (Wildman–Crippen LogP) is 5.95. The topological polar surface area (TPSA) is 26.0 Å². The minimum atomic E-state index is 0.685.